The Bertz CT molecular complexity index is 646. The van der Waals surface area contributed by atoms with Gasteiger partial charge in [0.1, 0.15) is 0 Å². The normalized spacial score (nSPS) is 12.0. The molecule has 2 aromatic rings. The van der Waals surface area contributed by atoms with Crippen molar-refractivity contribution in [2.75, 3.05) is 7.05 Å². The number of aromatic nitrogens is 1. The number of hydrogen-bond acceptors (Lipinski definition) is 3. The molecule has 1 aromatic carbocycles. The van der Waals surface area contributed by atoms with E-state index in [-0.39, 0.29) is 5.91 Å². The lowest BCUT2D eigenvalue weighted by atomic mass is 10.1. The first-order valence-electron chi connectivity index (χ1n) is 6.57. The van der Waals surface area contributed by atoms with Crippen LogP contribution in [0.3, 0.4) is 0 Å². The minimum absolute atomic E-state index is 0.367. The molecule has 110 valence electrons. The molecule has 2 rings (SSSR count). The highest BCUT2D eigenvalue weighted by atomic mass is 35.5. The summed E-state index contributed by atoms with van der Waals surface area (Å²) in [6.45, 7) is 2.36. The van der Waals surface area contributed by atoms with E-state index in [1.54, 1.807) is 43.7 Å². The Labute approximate surface area is 129 Å². The van der Waals surface area contributed by atoms with E-state index in [9.17, 15) is 9.90 Å². The van der Waals surface area contributed by atoms with Gasteiger partial charge in [-0.25, -0.2) is 0 Å². The predicted molar refractivity (Wildman–Crippen MR) is 81.9 cm³/mol. The molecule has 0 aliphatic heterocycles. The summed E-state index contributed by atoms with van der Waals surface area (Å²) < 4.78 is 0. The summed E-state index contributed by atoms with van der Waals surface area (Å²) in [4.78, 5) is 17.8. The molecule has 0 saturated carbocycles. The number of carbonyl (C=O) groups excluding carboxylic acids is 1. The van der Waals surface area contributed by atoms with Gasteiger partial charge in [0.05, 0.1) is 0 Å². The van der Waals surface area contributed by atoms with Gasteiger partial charge in [0, 0.05) is 31.0 Å². The first kappa shape index (κ1) is 15.5. The summed E-state index contributed by atoms with van der Waals surface area (Å²) in [5.74, 6) is -0.367. The van der Waals surface area contributed by atoms with Gasteiger partial charge in [-0.2, -0.15) is 0 Å². The fourth-order valence-corrected chi connectivity index (χ4v) is 2.24. The summed E-state index contributed by atoms with van der Waals surface area (Å²) in [7, 11) is 1.66. The van der Waals surface area contributed by atoms with E-state index in [0.29, 0.717) is 17.1 Å². The maximum atomic E-state index is 12.3. The van der Waals surface area contributed by atoms with Crippen molar-refractivity contribution in [2.24, 2.45) is 0 Å². The largest absolute Gasteiger partial charge is 0.378 e. The molecule has 4 nitrogen and oxygen atoms in total. The van der Waals surface area contributed by atoms with Crippen LogP contribution in [0.1, 0.15) is 22.8 Å². The number of likely N-dealkylation sites (N-methyl/N-ethyl adjacent to an activating group) is 1. The molecule has 5 heteroatoms. The monoisotopic (exact) mass is 304 g/mol. The number of aliphatic hydroxyl groups excluding tert-OH is 1. The SMILES string of the molecule is Cc1cnccc1CN(C)C(=O)[C@H](O)c1cccc(Cl)c1. The van der Waals surface area contributed by atoms with E-state index < -0.39 is 6.10 Å². The molecule has 0 unspecified atom stereocenters. The average Bonchev–Trinajstić information content (AvgIpc) is 2.48. The third-order valence-corrected chi connectivity index (χ3v) is 3.55. The molecule has 21 heavy (non-hydrogen) atoms. The van der Waals surface area contributed by atoms with Gasteiger partial charge in [-0.05, 0) is 41.8 Å². The quantitative estimate of drug-likeness (QED) is 0.945. The fraction of sp³-hybridized carbons (Fsp3) is 0.250. The number of nitrogens with zero attached hydrogens (tertiary/aromatic N) is 2. The van der Waals surface area contributed by atoms with Crippen LogP contribution < -0.4 is 0 Å². The maximum absolute atomic E-state index is 12.3. The number of hydrogen-bond donors (Lipinski definition) is 1. The molecule has 1 aromatic heterocycles. The van der Waals surface area contributed by atoms with Gasteiger partial charge in [0.15, 0.2) is 6.10 Å². The number of carbonyl (C=O) groups is 1. The Balaban J connectivity index is 2.10. The molecule has 0 bridgehead atoms. The van der Waals surface area contributed by atoms with Crippen molar-refractivity contribution in [1.82, 2.24) is 9.88 Å². The molecule has 1 heterocycles. The average molecular weight is 305 g/mol. The van der Waals surface area contributed by atoms with Crippen LogP contribution in [0, 0.1) is 6.92 Å². The molecule has 0 saturated heterocycles. The highest BCUT2D eigenvalue weighted by Crippen LogP contribution is 2.20. The number of benzene rings is 1. The fourth-order valence-electron chi connectivity index (χ4n) is 2.04. The summed E-state index contributed by atoms with van der Waals surface area (Å²) in [6.07, 6.45) is 2.23. The Hall–Kier alpha value is -1.91. The number of amides is 1. The summed E-state index contributed by atoms with van der Waals surface area (Å²) in [5.41, 5.74) is 2.50. The van der Waals surface area contributed by atoms with Crippen LogP contribution in [0.2, 0.25) is 5.02 Å². The zero-order chi connectivity index (χ0) is 15.4. The molecule has 0 aliphatic rings. The zero-order valence-corrected chi connectivity index (χ0v) is 12.7. The molecule has 0 fully saturated rings. The first-order chi connectivity index (χ1) is 9.99. The van der Waals surface area contributed by atoms with Crippen molar-refractivity contribution in [1.29, 1.82) is 0 Å². The summed E-state index contributed by atoms with van der Waals surface area (Å²) >= 11 is 5.88. The highest BCUT2D eigenvalue weighted by molar-refractivity contribution is 6.30. The number of pyridine rings is 1. The third kappa shape index (κ3) is 3.80. The Morgan fingerprint density at radius 3 is 2.86 bits per heavy atom. The van der Waals surface area contributed by atoms with Gasteiger partial charge in [-0.15, -0.1) is 0 Å². The van der Waals surface area contributed by atoms with Gasteiger partial charge >= 0.3 is 0 Å². The van der Waals surface area contributed by atoms with Gasteiger partial charge in [-0.1, -0.05) is 23.7 Å². The molecule has 1 atom stereocenters. The molecule has 1 amide bonds. The number of aryl methyl sites for hydroxylation is 1. The smallest absolute Gasteiger partial charge is 0.256 e. The Morgan fingerprint density at radius 2 is 2.19 bits per heavy atom. The van der Waals surface area contributed by atoms with Crippen LogP contribution in [-0.4, -0.2) is 27.9 Å². The minimum Gasteiger partial charge on any atom is -0.378 e. The van der Waals surface area contributed by atoms with Crippen molar-refractivity contribution >= 4 is 17.5 Å². The van der Waals surface area contributed by atoms with Gasteiger partial charge in [0.25, 0.3) is 5.91 Å². The minimum atomic E-state index is -1.21. The molecule has 0 spiro atoms. The van der Waals surface area contributed by atoms with E-state index in [4.69, 9.17) is 11.6 Å². The molecular formula is C16H17ClN2O2. The highest BCUT2D eigenvalue weighted by Gasteiger charge is 2.21. The van der Waals surface area contributed by atoms with Crippen LogP contribution in [0.5, 0.6) is 0 Å². The molecule has 0 radical (unpaired) electrons. The van der Waals surface area contributed by atoms with Crippen molar-refractivity contribution in [3.63, 3.8) is 0 Å². The van der Waals surface area contributed by atoms with Crippen molar-refractivity contribution in [3.05, 3.63) is 64.4 Å². The van der Waals surface area contributed by atoms with Crippen molar-refractivity contribution in [3.8, 4) is 0 Å². The van der Waals surface area contributed by atoms with Gasteiger partial charge in [0.2, 0.25) is 0 Å². The second-order valence-corrected chi connectivity index (χ2v) is 5.39. The summed E-state index contributed by atoms with van der Waals surface area (Å²) in [6, 6.07) is 8.55. The second-order valence-electron chi connectivity index (χ2n) is 4.95. The van der Waals surface area contributed by atoms with Crippen molar-refractivity contribution < 1.29 is 9.90 Å². The topological polar surface area (TPSA) is 53.4 Å². The van der Waals surface area contributed by atoms with Crippen LogP contribution in [0.15, 0.2) is 42.7 Å². The lowest BCUT2D eigenvalue weighted by Crippen LogP contribution is -2.31. The molecular weight excluding hydrogens is 288 g/mol. The van der Waals surface area contributed by atoms with Crippen LogP contribution in [0.25, 0.3) is 0 Å². The van der Waals surface area contributed by atoms with E-state index in [0.717, 1.165) is 11.1 Å². The second kappa shape index (κ2) is 6.70. The van der Waals surface area contributed by atoms with Crippen LogP contribution in [0.4, 0.5) is 0 Å². The number of rotatable bonds is 4. The standard InChI is InChI=1S/C16H17ClN2O2/c1-11-9-18-7-6-13(11)10-19(2)16(21)15(20)12-4-3-5-14(17)8-12/h3-9,15,20H,10H2,1-2H3/t15-/m1/s1. The van der Waals surface area contributed by atoms with Crippen LogP contribution >= 0.6 is 11.6 Å². The number of halogens is 1. The molecule has 0 aliphatic carbocycles. The molecule has 1 N–H and O–H groups in total. The third-order valence-electron chi connectivity index (χ3n) is 3.32. The lowest BCUT2D eigenvalue weighted by molar-refractivity contribution is -0.139. The summed E-state index contributed by atoms with van der Waals surface area (Å²) in [5, 5.41) is 10.7. The van der Waals surface area contributed by atoms with E-state index >= 15 is 0 Å². The lowest BCUT2D eigenvalue weighted by Gasteiger charge is -2.21. The first-order valence-corrected chi connectivity index (χ1v) is 6.95. The van der Waals surface area contributed by atoms with Crippen molar-refractivity contribution in [2.45, 2.75) is 19.6 Å². The predicted octanol–water partition coefficient (Wildman–Crippen LogP) is 2.74. The maximum Gasteiger partial charge on any atom is 0.256 e. The van der Waals surface area contributed by atoms with E-state index in [2.05, 4.69) is 4.98 Å². The Morgan fingerprint density at radius 1 is 1.43 bits per heavy atom. The van der Waals surface area contributed by atoms with E-state index in [1.165, 1.54) is 4.90 Å². The number of aliphatic hydroxyl groups is 1. The van der Waals surface area contributed by atoms with Gasteiger partial charge < -0.3 is 10.0 Å². The van der Waals surface area contributed by atoms with Crippen LogP contribution in [-0.2, 0) is 11.3 Å². The zero-order valence-electron chi connectivity index (χ0n) is 12.0. The van der Waals surface area contributed by atoms with E-state index in [1.807, 2.05) is 13.0 Å². The van der Waals surface area contributed by atoms with Gasteiger partial charge in [-0.3, -0.25) is 9.78 Å². The Kier molecular flexibility index (Phi) is 4.94.